The molecular weight excluding hydrogens is 226 g/mol. The average molecular weight is 238 g/mol. The maximum absolute atomic E-state index is 8.76. The molecule has 0 saturated carbocycles. The third-order valence-corrected chi connectivity index (χ3v) is 2.61. The highest BCUT2D eigenvalue weighted by Gasteiger charge is 2.03. The van der Waals surface area contributed by atoms with Crippen molar-refractivity contribution in [1.29, 1.82) is 0 Å². The third-order valence-electron chi connectivity index (χ3n) is 2.24. The second-order valence-corrected chi connectivity index (χ2v) is 3.88. The lowest BCUT2D eigenvalue weighted by Gasteiger charge is -2.02. The van der Waals surface area contributed by atoms with Gasteiger partial charge in [-0.1, -0.05) is 35.0 Å². The summed E-state index contributed by atoms with van der Waals surface area (Å²) in [6.45, 7) is 0.683. The van der Waals surface area contributed by atoms with Gasteiger partial charge in [0.15, 0.2) is 0 Å². The Morgan fingerprint density at radius 3 is 2.88 bits per heavy atom. The predicted molar refractivity (Wildman–Crippen MR) is 61.4 cm³/mol. The molecule has 16 heavy (non-hydrogen) atoms. The van der Waals surface area contributed by atoms with Crippen molar-refractivity contribution in [1.82, 2.24) is 15.0 Å². The van der Waals surface area contributed by atoms with Crippen LogP contribution in [0.25, 0.3) is 0 Å². The number of nitrogens with zero attached hydrogens (tertiary/aromatic N) is 3. The van der Waals surface area contributed by atoms with Gasteiger partial charge >= 0.3 is 0 Å². The van der Waals surface area contributed by atoms with E-state index < -0.39 is 0 Å². The van der Waals surface area contributed by atoms with Gasteiger partial charge in [-0.25, -0.2) is 4.68 Å². The topological polar surface area (TPSA) is 50.9 Å². The van der Waals surface area contributed by atoms with Crippen molar-refractivity contribution in [3.8, 4) is 0 Å². The van der Waals surface area contributed by atoms with Crippen molar-refractivity contribution in [2.45, 2.75) is 13.0 Å². The molecule has 0 atom stereocenters. The molecule has 1 N–H and O–H groups in total. The molecule has 0 bridgehead atoms. The van der Waals surface area contributed by atoms with Gasteiger partial charge < -0.3 is 5.11 Å². The monoisotopic (exact) mass is 237 g/mol. The van der Waals surface area contributed by atoms with Crippen molar-refractivity contribution in [2.75, 3.05) is 6.61 Å². The Morgan fingerprint density at radius 1 is 1.31 bits per heavy atom. The average Bonchev–Trinajstić information content (AvgIpc) is 2.70. The maximum Gasteiger partial charge on any atom is 0.0850 e. The highest BCUT2D eigenvalue weighted by Crippen LogP contribution is 2.15. The number of aliphatic hydroxyl groups is 1. The van der Waals surface area contributed by atoms with E-state index in [4.69, 9.17) is 16.7 Å². The van der Waals surface area contributed by atoms with Crippen molar-refractivity contribution in [2.24, 2.45) is 0 Å². The molecule has 0 aliphatic carbocycles. The normalized spacial score (nSPS) is 10.6. The van der Waals surface area contributed by atoms with Crippen LogP contribution in [0.15, 0.2) is 30.5 Å². The molecule has 0 fully saturated rings. The van der Waals surface area contributed by atoms with Crippen LogP contribution < -0.4 is 0 Å². The molecule has 4 nitrogen and oxygen atoms in total. The first-order valence-electron chi connectivity index (χ1n) is 5.03. The molecule has 0 amide bonds. The smallest absolute Gasteiger partial charge is 0.0850 e. The van der Waals surface area contributed by atoms with Gasteiger partial charge in [0, 0.05) is 24.2 Å². The minimum Gasteiger partial charge on any atom is -0.396 e. The summed E-state index contributed by atoms with van der Waals surface area (Å²) in [6.07, 6.45) is 2.35. The van der Waals surface area contributed by atoms with E-state index in [1.54, 1.807) is 4.68 Å². The highest BCUT2D eigenvalue weighted by atomic mass is 35.5. The molecule has 0 saturated heterocycles. The Balaban J connectivity index is 2.11. The lowest BCUT2D eigenvalue weighted by molar-refractivity contribution is 0.298. The first-order chi connectivity index (χ1) is 7.79. The zero-order valence-electron chi connectivity index (χ0n) is 8.67. The van der Waals surface area contributed by atoms with Gasteiger partial charge in [-0.2, -0.15) is 0 Å². The van der Waals surface area contributed by atoms with E-state index >= 15 is 0 Å². The number of aliphatic hydroxyl groups excluding tert-OH is 1. The number of rotatable bonds is 4. The van der Waals surface area contributed by atoms with Crippen molar-refractivity contribution >= 4 is 11.6 Å². The Labute approximate surface area is 98.5 Å². The zero-order chi connectivity index (χ0) is 11.4. The zero-order valence-corrected chi connectivity index (χ0v) is 9.43. The minimum absolute atomic E-state index is 0.0881. The summed E-state index contributed by atoms with van der Waals surface area (Å²) in [5.74, 6) is 0. The largest absolute Gasteiger partial charge is 0.396 e. The summed E-state index contributed by atoms with van der Waals surface area (Å²) in [5, 5.41) is 17.4. The number of benzene rings is 1. The van der Waals surface area contributed by atoms with Crippen LogP contribution >= 0.6 is 11.6 Å². The summed E-state index contributed by atoms with van der Waals surface area (Å²) in [7, 11) is 0. The van der Waals surface area contributed by atoms with Crippen LogP contribution in [-0.2, 0) is 13.0 Å². The fourth-order valence-electron chi connectivity index (χ4n) is 1.45. The highest BCUT2D eigenvalue weighted by molar-refractivity contribution is 6.31. The number of hydrogen-bond donors (Lipinski definition) is 1. The van der Waals surface area contributed by atoms with E-state index in [1.807, 2.05) is 30.5 Å². The summed E-state index contributed by atoms with van der Waals surface area (Å²) < 4.78 is 1.71. The number of hydrogen-bond acceptors (Lipinski definition) is 3. The van der Waals surface area contributed by atoms with E-state index in [9.17, 15) is 0 Å². The Bertz CT molecular complexity index is 470. The lowest BCUT2D eigenvalue weighted by atomic mass is 10.2. The quantitative estimate of drug-likeness (QED) is 0.877. The molecule has 0 aliphatic rings. The summed E-state index contributed by atoms with van der Waals surface area (Å²) in [5.41, 5.74) is 1.79. The minimum atomic E-state index is 0.0881. The fourth-order valence-corrected chi connectivity index (χ4v) is 1.64. The lowest BCUT2D eigenvalue weighted by Crippen LogP contribution is -2.00. The molecular formula is C11H12ClN3O. The van der Waals surface area contributed by atoms with Crippen LogP contribution in [0.4, 0.5) is 0 Å². The number of halogens is 1. The maximum atomic E-state index is 8.76. The van der Waals surface area contributed by atoms with E-state index in [2.05, 4.69) is 10.3 Å². The van der Waals surface area contributed by atoms with Crippen LogP contribution in [0.2, 0.25) is 5.02 Å². The van der Waals surface area contributed by atoms with Gasteiger partial charge in [0.1, 0.15) is 0 Å². The molecule has 1 heterocycles. The fraction of sp³-hybridized carbons (Fsp3) is 0.273. The standard InChI is InChI=1S/C11H12ClN3O/c12-11-4-2-1-3-9(11)7-15-8-10(5-6-16)13-14-15/h1-4,8,16H,5-7H2. The Morgan fingerprint density at radius 2 is 2.12 bits per heavy atom. The van der Waals surface area contributed by atoms with Crippen molar-refractivity contribution in [3.63, 3.8) is 0 Å². The molecule has 2 rings (SSSR count). The van der Waals surface area contributed by atoms with Crippen molar-refractivity contribution in [3.05, 3.63) is 46.7 Å². The second-order valence-electron chi connectivity index (χ2n) is 3.47. The van der Waals surface area contributed by atoms with Gasteiger partial charge in [0.25, 0.3) is 0 Å². The molecule has 5 heteroatoms. The van der Waals surface area contributed by atoms with Gasteiger partial charge in [-0.3, -0.25) is 0 Å². The van der Waals surface area contributed by atoms with Crippen molar-refractivity contribution < 1.29 is 5.11 Å². The van der Waals surface area contributed by atoms with Gasteiger partial charge in [0.05, 0.1) is 12.2 Å². The van der Waals surface area contributed by atoms with Crippen LogP contribution in [0.5, 0.6) is 0 Å². The predicted octanol–water partition coefficient (Wildman–Crippen LogP) is 1.51. The van der Waals surface area contributed by atoms with E-state index in [0.717, 1.165) is 16.3 Å². The molecule has 84 valence electrons. The van der Waals surface area contributed by atoms with Crippen LogP contribution in [0.1, 0.15) is 11.3 Å². The SMILES string of the molecule is OCCc1cn(Cc2ccccc2Cl)nn1. The van der Waals surface area contributed by atoms with E-state index in [1.165, 1.54) is 0 Å². The van der Waals surface area contributed by atoms with Crippen LogP contribution in [0.3, 0.4) is 0 Å². The van der Waals surface area contributed by atoms with Gasteiger partial charge in [0.2, 0.25) is 0 Å². The molecule has 1 aromatic carbocycles. The second kappa shape index (κ2) is 5.09. The van der Waals surface area contributed by atoms with Gasteiger partial charge in [-0.05, 0) is 11.6 Å². The molecule has 0 radical (unpaired) electrons. The molecule has 2 aromatic rings. The Hall–Kier alpha value is -1.39. The first kappa shape index (κ1) is 11.1. The van der Waals surface area contributed by atoms with Gasteiger partial charge in [-0.15, -0.1) is 5.10 Å². The number of aromatic nitrogens is 3. The summed E-state index contributed by atoms with van der Waals surface area (Å²) in [4.78, 5) is 0. The van der Waals surface area contributed by atoms with Crippen LogP contribution in [0, 0.1) is 0 Å². The molecule has 1 aromatic heterocycles. The molecule has 0 unspecified atom stereocenters. The first-order valence-corrected chi connectivity index (χ1v) is 5.40. The van der Waals surface area contributed by atoms with Crippen LogP contribution in [-0.4, -0.2) is 26.7 Å². The molecule has 0 aliphatic heterocycles. The Kier molecular flexibility index (Phi) is 3.54. The summed E-state index contributed by atoms with van der Waals surface area (Å²) in [6, 6.07) is 7.63. The van der Waals surface area contributed by atoms with E-state index in [0.29, 0.717) is 13.0 Å². The molecule has 0 spiro atoms. The summed E-state index contributed by atoms with van der Waals surface area (Å²) >= 11 is 6.04. The van der Waals surface area contributed by atoms with E-state index in [-0.39, 0.29) is 6.61 Å². The third kappa shape index (κ3) is 2.59.